The summed E-state index contributed by atoms with van der Waals surface area (Å²) < 4.78 is 0. The van der Waals surface area contributed by atoms with Crippen LogP contribution in [-0.4, -0.2) is 31.2 Å². The van der Waals surface area contributed by atoms with Crippen LogP contribution in [0.1, 0.15) is 25.7 Å². The van der Waals surface area contributed by atoms with E-state index in [1.54, 1.807) is 0 Å². The molecule has 0 heterocycles. The molecule has 0 bridgehead atoms. The standard InChI is InChI=1S/C9H17N3O/c13-9(12-8-3-4-8)11-6-5-10-7-1-2-7/h7-8,10H,1-6H2,(H2,11,12,13). The van der Waals surface area contributed by atoms with E-state index >= 15 is 0 Å². The summed E-state index contributed by atoms with van der Waals surface area (Å²) in [5, 5.41) is 9.04. The molecule has 0 atom stereocenters. The average molecular weight is 183 g/mol. The minimum atomic E-state index is -0.0138. The predicted molar refractivity (Wildman–Crippen MR) is 50.6 cm³/mol. The van der Waals surface area contributed by atoms with Crippen LogP contribution >= 0.6 is 0 Å². The quantitative estimate of drug-likeness (QED) is 0.533. The van der Waals surface area contributed by atoms with E-state index in [2.05, 4.69) is 16.0 Å². The molecule has 4 nitrogen and oxygen atoms in total. The van der Waals surface area contributed by atoms with E-state index in [1.807, 2.05) is 0 Å². The molecule has 2 saturated carbocycles. The van der Waals surface area contributed by atoms with Crippen LogP contribution in [-0.2, 0) is 0 Å². The van der Waals surface area contributed by atoms with Crippen molar-refractivity contribution in [3.63, 3.8) is 0 Å². The fourth-order valence-electron chi connectivity index (χ4n) is 1.20. The van der Waals surface area contributed by atoms with Gasteiger partial charge in [-0.25, -0.2) is 4.79 Å². The lowest BCUT2D eigenvalue weighted by Crippen LogP contribution is -2.40. The van der Waals surface area contributed by atoms with Gasteiger partial charge < -0.3 is 16.0 Å². The van der Waals surface area contributed by atoms with Gasteiger partial charge >= 0.3 is 6.03 Å². The number of urea groups is 1. The normalized spacial score (nSPS) is 21.2. The maximum absolute atomic E-state index is 11.1. The second kappa shape index (κ2) is 3.96. The summed E-state index contributed by atoms with van der Waals surface area (Å²) in [4.78, 5) is 11.1. The van der Waals surface area contributed by atoms with E-state index in [0.29, 0.717) is 6.04 Å². The van der Waals surface area contributed by atoms with Crippen LogP contribution in [0, 0.1) is 0 Å². The van der Waals surface area contributed by atoms with Gasteiger partial charge in [-0.05, 0) is 25.7 Å². The van der Waals surface area contributed by atoms with Crippen molar-refractivity contribution in [3.05, 3.63) is 0 Å². The lowest BCUT2D eigenvalue weighted by Gasteiger charge is -2.06. The first kappa shape index (κ1) is 8.81. The Bertz CT molecular complexity index is 187. The molecule has 0 radical (unpaired) electrons. The highest BCUT2D eigenvalue weighted by Crippen LogP contribution is 2.18. The minimum Gasteiger partial charge on any atom is -0.337 e. The topological polar surface area (TPSA) is 53.2 Å². The third kappa shape index (κ3) is 3.63. The SMILES string of the molecule is O=C(NCCNC1CC1)NC1CC1. The Balaban J connectivity index is 1.43. The van der Waals surface area contributed by atoms with Crippen molar-refractivity contribution in [1.29, 1.82) is 0 Å². The lowest BCUT2D eigenvalue weighted by molar-refractivity contribution is 0.240. The zero-order chi connectivity index (χ0) is 9.10. The highest BCUT2D eigenvalue weighted by atomic mass is 16.2. The largest absolute Gasteiger partial charge is 0.337 e. The van der Waals surface area contributed by atoms with Gasteiger partial charge in [0.15, 0.2) is 0 Å². The van der Waals surface area contributed by atoms with E-state index in [1.165, 1.54) is 12.8 Å². The van der Waals surface area contributed by atoms with E-state index in [9.17, 15) is 4.79 Å². The Morgan fingerprint density at radius 1 is 1.08 bits per heavy atom. The number of carbonyl (C=O) groups excluding carboxylic acids is 1. The molecule has 13 heavy (non-hydrogen) atoms. The molecule has 2 amide bonds. The highest BCUT2D eigenvalue weighted by Gasteiger charge is 2.23. The molecule has 0 aromatic rings. The molecule has 2 aliphatic carbocycles. The Labute approximate surface area is 78.5 Å². The van der Waals surface area contributed by atoms with Gasteiger partial charge in [0.25, 0.3) is 0 Å². The molecular weight excluding hydrogens is 166 g/mol. The van der Waals surface area contributed by atoms with E-state index in [-0.39, 0.29) is 6.03 Å². The molecular formula is C9H17N3O. The number of rotatable bonds is 5. The second-order valence-electron chi connectivity index (χ2n) is 3.90. The summed E-state index contributed by atoms with van der Waals surface area (Å²) in [6.07, 6.45) is 4.89. The van der Waals surface area contributed by atoms with Crippen LogP contribution in [0.5, 0.6) is 0 Å². The smallest absolute Gasteiger partial charge is 0.315 e. The third-order valence-electron chi connectivity index (χ3n) is 2.33. The van der Waals surface area contributed by atoms with Crippen molar-refractivity contribution in [2.75, 3.05) is 13.1 Å². The molecule has 0 spiro atoms. The first-order valence-electron chi connectivity index (χ1n) is 5.12. The summed E-state index contributed by atoms with van der Waals surface area (Å²) in [6.45, 7) is 1.62. The van der Waals surface area contributed by atoms with Crippen molar-refractivity contribution < 1.29 is 4.79 Å². The molecule has 0 unspecified atom stereocenters. The van der Waals surface area contributed by atoms with Crippen LogP contribution in [0.25, 0.3) is 0 Å². The Morgan fingerprint density at radius 2 is 1.77 bits per heavy atom. The third-order valence-corrected chi connectivity index (χ3v) is 2.33. The van der Waals surface area contributed by atoms with Crippen LogP contribution in [0.3, 0.4) is 0 Å². The lowest BCUT2D eigenvalue weighted by atomic mass is 10.5. The minimum absolute atomic E-state index is 0.0138. The summed E-state index contributed by atoms with van der Waals surface area (Å²) in [7, 11) is 0. The fraction of sp³-hybridized carbons (Fsp3) is 0.889. The van der Waals surface area contributed by atoms with Gasteiger partial charge in [0.05, 0.1) is 0 Å². The van der Waals surface area contributed by atoms with Crippen molar-refractivity contribution >= 4 is 6.03 Å². The van der Waals surface area contributed by atoms with Crippen LogP contribution in [0.4, 0.5) is 4.79 Å². The van der Waals surface area contributed by atoms with Gasteiger partial charge in [0.2, 0.25) is 0 Å². The molecule has 74 valence electrons. The highest BCUT2D eigenvalue weighted by molar-refractivity contribution is 5.74. The van der Waals surface area contributed by atoms with Crippen molar-refractivity contribution in [3.8, 4) is 0 Å². The molecule has 2 aliphatic rings. The van der Waals surface area contributed by atoms with E-state index < -0.39 is 0 Å². The summed E-state index contributed by atoms with van der Waals surface area (Å²) in [5.41, 5.74) is 0. The predicted octanol–water partition coefficient (Wildman–Crippen LogP) is 0.200. The maximum Gasteiger partial charge on any atom is 0.315 e. The van der Waals surface area contributed by atoms with Gasteiger partial charge in [0.1, 0.15) is 0 Å². The summed E-state index contributed by atoms with van der Waals surface area (Å²) in [6, 6.07) is 1.17. The first-order valence-corrected chi connectivity index (χ1v) is 5.12. The number of amides is 2. The van der Waals surface area contributed by atoms with Gasteiger partial charge in [-0.2, -0.15) is 0 Å². The van der Waals surface area contributed by atoms with Crippen LogP contribution < -0.4 is 16.0 Å². The number of nitrogens with one attached hydrogen (secondary N) is 3. The Kier molecular flexibility index (Phi) is 2.68. The van der Waals surface area contributed by atoms with Crippen molar-refractivity contribution in [1.82, 2.24) is 16.0 Å². The van der Waals surface area contributed by atoms with E-state index in [0.717, 1.165) is 32.0 Å². The Morgan fingerprint density at radius 3 is 2.38 bits per heavy atom. The maximum atomic E-state index is 11.1. The zero-order valence-corrected chi connectivity index (χ0v) is 7.81. The van der Waals surface area contributed by atoms with Crippen LogP contribution in [0.15, 0.2) is 0 Å². The first-order chi connectivity index (χ1) is 6.34. The van der Waals surface area contributed by atoms with Crippen molar-refractivity contribution in [2.24, 2.45) is 0 Å². The molecule has 0 saturated heterocycles. The molecule has 0 aromatic carbocycles. The average Bonchev–Trinajstić information content (AvgIpc) is 2.92. The van der Waals surface area contributed by atoms with E-state index in [4.69, 9.17) is 0 Å². The van der Waals surface area contributed by atoms with Gasteiger partial charge in [0, 0.05) is 25.2 Å². The Hall–Kier alpha value is -0.770. The van der Waals surface area contributed by atoms with Gasteiger partial charge in [-0.1, -0.05) is 0 Å². The molecule has 0 aromatic heterocycles. The number of carbonyl (C=O) groups is 1. The monoisotopic (exact) mass is 183 g/mol. The second-order valence-corrected chi connectivity index (χ2v) is 3.90. The number of hydrogen-bond acceptors (Lipinski definition) is 2. The van der Waals surface area contributed by atoms with Gasteiger partial charge in [-0.3, -0.25) is 0 Å². The number of hydrogen-bond donors (Lipinski definition) is 3. The zero-order valence-electron chi connectivity index (χ0n) is 7.81. The molecule has 4 heteroatoms. The summed E-state index contributed by atoms with van der Waals surface area (Å²) in [5.74, 6) is 0. The molecule has 2 fully saturated rings. The van der Waals surface area contributed by atoms with Crippen molar-refractivity contribution in [2.45, 2.75) is 37.8 Å². The van der Waals surface area contributed by atoms with Gasteiger partial charge in [-0.15, -0.1) is 0 Å². The fourth-order valence-corrected chi connectivity index (χ4v) is 1.20. The molecule has 2 rings (SSSR count). The molecule has 3 N–H and O–H groups in total. The molecule has 0 aliphatic heterocycles. The van der Waals surface area contributed by atoms with Crippen LogP contribution in [0.2, 0.25) is 0 Å². The summed E-state index contributed by atoms with van der Waals surface area (Å²) >= 11 is 0.